The van der Waals surface area contributed by atoms with E-state index in [1.54, 1.807) is 6.20 Å². The third kappa shape index (κ3) is 2.76. The Bertz CT molecular complexity index is 933. The van der Waals surface area contributed by atoms with Crippen molar-refractivity contribution in [1.82, 2.24) is 14.9 Å². The molecule has 3 aromatic rings. The monoisotopic (exact) mass is 322 g/mol. The van der Waals surface area contributed by atoms with Gasteiger partial charge in [-0.05, 0) is 63.2 Å². The second-order valence-corrected chi connectivity index (χ2v) is 6.61. The van der Waals surface area contributed by atoms with Crippen molar-refractivity contribution in [3.05, 3.63) is 46.9 Å². The number of fused-ring (bicyclic) bond motifs is 3. The summed E-state index contributed by atoms with van der Waals surface area (Å²) >= 11 is 0. The molecule has 0 saturated carbocycles. The molecule has 1 aromatic carbocycles. The van der Waals surface area contributed by atoms with Crippen LogP contribution in [-0.2, 0) is 0 Å². The summed E-state index contributed by atoms with van der Waals surface area (Å²) in [7, 11) is 2.21. The molecule has 0 aliphatic carbocycles. The Morgan fingerprint density at radius 2 is 2.21 bits per heavy atom. The zero-order chi connectivity index (χ0) is 16.5. The van der Waals surface area contributed by atoms with Gasteiger partial charge in [0.1, 0.15) is 5.65 Å². The van der Waals surface area contributed by atoms with Crippen LogP contribution in [-0.4, -0.2) is 41.0 Å². The second kappa shape index (κ2) is 6.24. The fraction of sp³-hybridized carbons (Fsp3) is 0.368. The molecule has 1 unspecified atom stereocenters. The molecule has 1 saturated heterocycles. The van der Waals surface area contributed by atoms with Gasteiger partial charge in [0.15, 0.2) is 0 Å². The molecule has 1 aliphatic heterocycles. The van der Waals surface area contributed by atoms with Crippen LogP contribution in [0.4, 0.5) is 5.69 Å². The maximum absolute atomic E-state index is 12.2. The molecule has 5 nitrogen and oxygen atoms in total. The number of hydrogen-bond acceptors (Lipinski definition) is 4. The third-order valence-electron chi connectivity index (χ3n) is 5.07. The SMILES string of the molecule is CN1CCCC1CCNc1ccc2c(=O)[nH]c3ncccc3c2c1. The van der Waals surface area contributed by atoms with E-state index >= 15 is 0 Å². The van der Waals surface area contributed by atoms with Crippen molar-refractivity contribution in [3.8, 4) is 0 Å². The van der Waals surface area contributed by atoms with Gasteiger partial charge in [0, 0.05) is 40.6 Å². The van der Waals surface area contributed by atoms with Crippen LogP contribution in [0.3, 0.4) is 0 Å². The van der Waals surface area contributed by atoms with E-state index in [1.807, 2.05) is 24.3 Å². The van der Waals surface area contributed by atoms with Crippen molar-refractivity contribution in [2.24, 2.45) is 0 Å². The van der Waals surface area contributed by atoms with Crippen LogP contribution in [0, 0.1) is 0 Å². The van der Waals surface area contributed by atoms with Gasteiger partial charge in [0.2, 0.25) is 0 Å². The molecule has 2 aromatic heterocycles. The molecule has 1 aliphatic rings. The van der Waals surface area contributed by atoms with Gasteiger partial charge in [-0.3, -0.25) is 4.79 Å². The minimum Gasteiger partial charge on any atom is -0.385 e. The minimum atomic E-state index is -0.0877. The molecule has 3 heterocycles. The Labute approximate surface area is 140 Å². The lowest BCUT2D eigenvalue weighted by atomic mass is 10.1. The smallest absolute Gasteiger partial charge is 0.257 e. The number of hydrogen-bond donors (Lipinski definition) is 2. The molecule has 5 heteroatoms. The first-order valence-corrected chi connectivity index (χ1v) is 8.57. The Balaban J connectivity index is 1.60. The fourth-order valence-electron chi connectivity index (χ4n) is 3.70. The quantitative estimate of drug-likeness (QED) is 0.725. The first kappa shape index (κ1) is 15.1. The lowest BCUT2D eigenvalue weighted by molar-refractivity contribution is 0.301. The summed E-state index contributed by atoms with van der Waals surface area (Å²) < 4.78 is 0. The van der Waals surface area contributed by atoms with Gasteiger partial charge in [-0.1, -0.05) is 0 Å². The van der Waals surface area contributed by atoms with E-state index in [2.05, 4.69) is 33.3 Å². The van der Waals surface area contributed by atoms with Gasteiger partial charge in [-0.25, -0.2) is 4.98 Å². The Kier molecular flexibility index (Phi) is 3.94. The normalized spacial score (nSPS) is 18.5. The van der Waals surface area contributed by atoms with Crippen LogP contribution < -0.4 is 10.9 Å². The molecule has 0 radical (unpaired) electrons. The molecule has 0 spiro atoms. The molecule has 24 heavy (non-hydrogen) atoms. The average molecular weight is 322 g/mol. The minimum absolute atomic E-state index is 0.0877. The Morgan fingerprint density at radius 1 is 1.29 bits per heavy atom. The number of benzene rings is 1. The van der Waals surface area contributed by atoms with Crippen molar-refractivity contribution < 1.29 is 0 Å². The highest BCUT2D eigenvalue weighted by molar-refractivity contribution is 6.05. The number of pyridine rings is 2. The zero-order valence-electron chi connectivity index (χ0n) is 13.9. The number of likely N-dealkylation sites (tertiary alicyclic amines) is 1. The topological polar surface area (TPSA) is 61.0 Å². The predicted molar refractivity (Wildman–Crippen MR) is 98.6 cm³/mol. The summed E-state index contributed by atoms with van der Waals surface area (Å²) in [6, 6.07) is 10.5. The van der Waals surface area contributed by atoms with Gasteiger partial charge >= 0.3 is 0 Å². The van der Waals surface area contributed by atoms with Gasteiger partial charge in [-0.15, -0.1) is 0 Å². The molecule has 0 bridgehead atoms. The number of nitrogens with zero attached hydrogens (tertiary/aromatic N) is 2. The van der Waals surface area contributed by atoms with Crippen molar-refractivity contribution in [2.75, 3.05) is 25.5 Å². The van der Waals surface area contributed by atoms with E-state index in [0.29, 0.717) is 17.1 Å². The molecule has 1 atom stereocenters. The third-order valence-corrected chi connectivity index (χ3v) is 5.07. The zero-order valence-corrected chi connectivity index (χ0v) is 13.9. The number of aromatic amines is 1. The largest absolute Gasteiger partial charge is 0.385 e. The maximum Gasteiger partial charge on any atom is 0.257 e. The molecule has 4 rings (SSSR count). The first-order valence-electron chi connectivity index (χ1n) is 8.57. The highest BCUT2D eigenvalue weighted by Crippen LogP contribution is 2.24. The summed E-state index contributed by atoms with van der Waals surface area (Å²) in [5.74, 6) is 0. The van der Waals surface area contributed by atoms with Crippen LogP contribution in [0.15, 0.2) is 41.3 Å². The summed E-state index contributed by atoms with van der Waals surface area (Å²) in [5.41, 5.74) is 1.61. The molecular formula is C19H22N4O. The molecule has 2 N–H and O–H groups in total. The van der Waals surface area contributed by atoms with Crippen LogP contribution in [0.2, 0.25) is 0 Å². The van der Waals surface area contributed by atoms with E-state index < -0.39 is 0 Å². The highest BCUT2D eigenvalue weighted by atomic mass is 16.1. The van der Waals surface area contributed by atoms with E-state index in [-0.39, 0.29) is 5.56 Å². The molecule has 1 fully saturated rings. The van der Waals surface area contributed by atoms with Crippen molar-refractivity contribution in [3.63, 3.8) is 0 Å². The maximum atomic E-state index is 12.2. The van der Waals surface area contributed by atoms with Crippen LogP contribution in [0.1, 0.15) is 19.3 Å². The summed E-state index contributed by atoms with van der Waals surface area (Å²) in [4.78, 5) is 21.8. The fourth-order valence-corrected chi connectivity index (χ4v) is 3.70. The number of nitrogens with one attached hydrogen (secondary N) is 2. The summed E-state index contributed by atoms with van der Waals surface area (Å²) in [6.45, 7) is 2.16. The first-order chi connectivity index (χ1) is 11.7. The number of rotatable bonds is 4. The van der Waals surface area contributed by atoms with E-state index in [0.717, 1.165) is 29.4 Å². The van der Waals surface area contributed by atoms with Crippen LogP contribution in [0.25, 0.3) is 21.8 Å². The van der Waals surface area contributed by atoms with Gasteiger partial charge in [0.25, 0.3) is 5.56 Å². The van der Waals surface area contributed by atoms with Crippen molar-refractivity contribution >= 4 is 27.5 Å². The number of aromatic nitrogens is 2. The van der Waals surface area contributed by atoms with E-state index in [4.69, 9.17) is 0 Å². The van der Waals surface area contributed by atoms with Crippen molar-refractivity contribution in [2.45, 2.75) is 25.3 Å². The number of anilines is 1. The van der Waals surface area contributed by atoms with Gasteiger partial charge in [-0.2, -0.15) is 0 Å². The second-order valence-electron chi connectivity index (χ2n) is 6.61. The Morgan fingerprint density at radius 3 is 3.04 bits per heavy atom. The van der Waals surface area contributed by atoms with Crippen LogP contribution in [0.5, 0.6) is 0 Å². The molecular weight excluding hydrogens is 300 g/mol. The Hall–Kier alpha value is -2.40. The lowest BCUT2D eigenvalue weighted by Gasteiger charge is -2.19. The highest BCUT2D eigenvalue weighted by Gasteiger charge is 2.19. The summed E-state index contributed by atoms with van der Waals surface area (Å²) in [6.07, 6.45) is 5.44. The standard InChI is InChI=1S/C19H22N4O/c1-23-11-3-4-14(23)8-10-20-13-6-7-16-17(12-13)15-5-2-9-21-18(15)22-19(16)24/h2,5-7,9,12,14,20H,3-4,8,10-11H2,1H3,(H,21,22,24). The van der Waals surface area contributed by atoms with Crippen molar-refractivity contribution in [1.29, 1.82) is 0 Å². The van der Waals surface area contributed by atoms with E-state index in [9.17, 15) is 4.79 Å². The van der Waals surface area contributed by atoms with Crippen LogP contribution >= 0.6 is 0 Å². The van der Waals surface area contributed by atoms with Gasteiger partial charge in [0.05, 0.1) is 0 Å². The van der Waals surface area contributed by atoms with E-state index in [1.165, 1.54) is 19.4 Å². The average Bonchev–Trinajstić information content (AvgIpc) is 3.00. The lowest BCUT2D eigenvalue weighted by Crippen LogP contribution is -2.26. The van der Waals surface area contributed by atoms with Gasteiger partial charge < -0.3 is 15.2 Å². The molecule has 124 valence electrons. The summed E-state index contributed by atoms with van der Waals surface area (Å²) in [5, 5.41) is 6.14. The number of H-pyrrole nitrogens is 1. The predicted octanol–water partition coefficient (Wildman–Crippen LogP) is 2.97. The molecule has 0 amide bonds.